The predicted octanol–water partition coefficient (Wildman–Crippen LogP) is 2.47. The van der Waals surface area contributed by atoms with Gasteiger partial charge < -0.3 is 9.42 Å². The monoisotopic (exact) mass is 292 g/mol. The van der Waals surface area contributed by atoms with Crippen molar-refractivity contribution in [3.05, 3.63) is 11.7 Å². The molecule has 0 bridgehead atoms. The molecular weight excluding hydrogens is 264 g/mol. The number of aryl methyl sites for hydroxylation is 1. The van der Waals surface area contributed by atoms with Crippen LogP contribution in [-0.2, 0) is 6.54 Å². The van der Waals surface area contributed by atoms with Gasteiger partial charge in [-0.25, -0.2) is 0 Å². The van der Waals surface area contributed by atoms with Crippen molar-refractivity contribution in [3.63, 3.8) is 0 Å². The molecule has 0 spiro atoms. The molecule has 0 atom stereocenters. The lowest BCUT2D eigenvalue weighted by Crippen LogP contribution is -2.34. The Balaban J connectivity index is 1.45. The molecule has 0 N–H and O–H groups in total. The second-order valence-electron chi connectivity index (χ2n) is 6.66. The van der Waals surface area contributed by atoms with E-state index < -0.39 is 0 Å². The van der Waals surface area contributed by atoms with Crippen LogP contribution in [0.3, 0.4) is 0 Å². The van der Waals surface area contributed by atoms with Gasteiger partial charge in [-0.05, 0) is 38.3 Å². The standard InChI is InChI=1S/C16H28N4O/c1-14-17-16(18-21-14)13-20-9-5-8-19(10-11-20)12-15-6-3-2-4-7-15/h15H,2-13H2,1H3. The average Bonchev–Trinajstić information content (AvgIpc) is 2.77. The molecule has 1 aliphatic heterocycles. The van der Waals surface area contributed by atoms with Crippen LogP contribution in [0.2, 0.25) is 0 Å². The molecule has 0 radical (unpaired) electrons. The predicted molar refractivity (Wildman–Crippen MR) is 81.9 cm³/mol. The van der Waals surface area contributed by atoms with Gasteiger partial charge in [-0.2, -0.15) is 4.98 Å². The molecule has 0 amide bonds. The Labute approximate surface area is 127 Å². The van der Waals surface area contributed by atoms with Crippen LogP contribution in [0.25, 0.3) is 0 Å². The summed E-state index contributed by atoms with van der Waals surface area (Å²) in [4.78, 5) is 9.46. The summed E-state index contributed by atoms with van der Waals surface area (Å²) in [5.74, 6) is 2.44. The minimum atomic E-state index is 0.666. The van der Waals surface area contributed by atoms with Gasteiger partial charge in [-0.15, -0.1) is 0 Å². The molecule has 118 valence electrons. The SMILES string of the molecule is Cc1nc(CN2CCCN(CC3CCCCC3)CC2)no1. The summed E-state index contributed by atoms with van der Waals surface area (Å²) < 4.78 is 5.06. The van der Waals surface area contributed by atoms with Gasteiger partial charge in [0.2, 0.25) is 5.89 Å². The highest BCUT2D eigenvalue weighted by Gasteiger charge is 2.20. The number of nitrogens with zero attached hydrogens (tertiary/aromatic N) is 4. The van der Waals surface area contributed by atoms with Crippen molar-refractivity contribution >= 4 is 0 Å². The summed E-state index contributed by atoms with van der Waals surface area (Å²) in [5.41, 5.74) is 0. The van der Waals surface area contributed by atoms with Gasteiger partial charge in [0, 0.05) is 26.6 Å². The van der Waals surface area contributed by atoms with E-state index in [1.165, 1.54) is 58.2 Å². The summed E-state index contributed by atoms with van der Waals surface area (Å²) in [6.45, 7) is 8.70. The lowest BCUT2D eigenvalue weighted by Gasteiger charge is -2.28. The smallest absolute Gasteiger partial charge is 0.223 e. The van der Waals surface area contributed by atoms with Gasteiger partial charge in [0.05, 0.1) is 6.54 Å². The second-order valence-corrected chi connectivity index (χ2v) is 6.66. The van der Waals surface area contributed by atoms with Crippen LogP contribution < -0.4 is 0 Å². The molecule has 1 saturated heterocycles. The highest BCUT2D eigenvalue weighted by molar-refractivity contribution is 4.85. The first-order valence-corrected chi connectivity index (χ1v) is 8.53. The molecule has 1 aromatic rings. The number of hydrogen-bond donors (Lipinski definition) is 0. The first-order valence-electron chi connectivity index (χ1n) is 8.53. The van der Waals surface area contributed by atoms with E-state index >= 15 is 0 Å². The molecule has 5 nitrogen and oxygen atoms in total. The van der Waals surface area contributed by atoms with Crippen molar-refractivity contribution in [1.82, 2.24) is 19.9 Å². The molecule has 1 saturated carbocycles. The highest BCUT2D eigenvalue weighted by Crippen LogP contribution is 2.24. The number of rotatable bonds is 4. The molecule has 0 aromatic carbocycles. The molecule has 2 aliphatic rings. The summed E-state index contributed by atoms with van der Waals surface area (Å²) in [6, 6.07) is 0. The molecule has 0 unspecified atom stereocenters. The fourth-order valence-corrected chi connectivity index (χ4v) is 3.71. The zero-order valence-corrected chi connectivity index (χ0v) is 13.3. The van der Waals surface area contributed by atoms with E-state index in [1.54, 1.807) is 0 Å². The van der Waals surface area contributed by atoms with Gasteiger partial charge >= 0.3 is 0 Å². The first kappa shape index (κ1) is 15.0. The first-order chi connectivity index (χ1) is 10.3. The fraction of sp³-hybridized carbons (Fsp3) is 0.875. The lowest BCUT2D eigenvalue weighted by atomic mass is 9.89. The van der Waals surface area contributed by atoms with Gasteiger partial charge in [-0.1, -0.05) is 24.4 Å². The normalized spacial score (nSPS) is 23.3. The molecule has 2 fully saturated rings. The van der Waals surface area contributed by atoms with Gasteiger partial charge in [-0.3, -0.25) is 4.90 Å². The van der Waals surface area contributed by atoms with E-state index in [2.05, 4.69) is 19.9 Å². The van der Waals surface area contributed by atoms with Crippen LogP contribution in [0, 0.1) is 12.8 Å². The Bertz CT molecular complexity index is 428. The Morgan fingerprint density at radius 1 is 1.00 bits per heavy atom. The third-order valence-corrected chi connectivity index (χ3v) is 4.86. The Kier molecular flexibility index (Phi) is 5.25. The maximum absolute atomic E-state index is 5.06. The Hall–Kier alpha value is -0.940. The third kappa shape index (κ3) is 4.51. The summed E-state index contributed by atoms with van der Waals surface area (Å²) in [7, 11) is 0. The largest absolute Gasteiger partial charge is 0.340 e. The fourth-order valence-electron chi connectivity index (χ4n) is 3.71. The molecule has 21 heavy (non-hydrogen) atoms. The van der Waals surface area contributed by atoms with Crippen LogP contribution in [0.1, 0.15) is 50.2 Å². The van der Waals surface area contributed by atoms with Crippen molar-refractivity contribution in [2.45, 2.75) is 52.0 Å². The number of aromatic nitrogens is 2. The maximum atomic E-state index is 5.06. The maximum Gasteiger partial charge on any atom is 0.223 e. The quantitative estimate of drug-likeness (QED) is 0.853. The van der Waals surface area contributed by atoms with Crippen molar-refractivity contribution in [3.8, 4) is 0 Å². The number of hydrogen-bond acceptors (Lipinski definition) is 5. The van der Waals surface area contributed by atoms with Crippen LogP contribution in [0.15, 0.2) is 4.52 Å². The van der Waals surface area contributed by atoms with Crippen molar-refractivity contribution in [1.29, 1.82) is 0 Å². The second kappa shape index (κ2) is 7.36. The van der Waals surface area contributed by atoms with Crippen molar-refractivity contribution in [2.75, 3.05) is 32.7 Å². The molecule has 1 aromatic heterocycles. The lowest BCUT2D eigenvalue weighted by molar-refractivity contribution is 0.199. The summed E-state index contributed by atoms with van der Waals surface area (Å²) in [5, 5.41) is 4.01. The van der Waals surface area contributed by atoms with Gasteiger partial charge in [0.1, 0.15) is 0 Å². The average molecular weight is 292 g/mol. The third-order valence-electron chi connectivity index (χ3n) is 4.86. The van der Waals surface area contributed by atoms with E-state index in [4.69, 9.17) is 4.52 Å². The molecule has 2 heterocycles. The Morgan fingerprint density at radius 3 is 2.52 bits per heavy atom. The summed E-state index contributed by atoms with van der Waals surface area (Å²) in [6.07, 6.45) is 8.49. The zero-order valence-electron chi connectivity index (χ0n) is 13.3. The highest BCUT2D eigenvalue weighted by atomic mass is 16.5. The van der Waals surface area contributed by atoms with E-state index in [1.807, 2.05) is 6.92 Å². The van der Waals surface area contributed by atoms with E-state index in [0.717, 1.165) is 31.4 Å². The molecule has 5 heteroatoms. The zero-order chi connectivity index (χ0) is 14.5. The Morgan fingerprint density at radius 2 is 1.76 bits per heavy atom. The summed E-state index contributed by atoms with van der Waals surface area (Å²) >= 11 is 0. The molecule has 1 aliphatic carbocycles. The molecular formula is C16H28N4O. The van der Waals surface area contributed by atoms with Gasteiger partial charge in [0.25, 0.3) is 0 Å². The van der Waals surface area contributed by atoms with Gasteiger partial charge in [0.15, 0.2) is 5.82 Å². The topological polar surface area (TPSA) is 45.4 Å². The van der Waals surface area contributed by atoms with E-state index in [0.29, 0.717) is 5.89 Å². The minimum absolute atomic E-state index is 0.666. The van der Waals surface area contributed by atoms with E-state index in [-0.39, 0.29) is 0 Å². The minimum Gasteiger partial charge on any atom is -0.340 e. The van der Waals surface area contributed by atoms with E-state index in [9.17, 15) is 0 Å². The van der Waals surface area contributed by atoms with Crippen LogP contribution in [-0.4, -0.2) is 52.7 Å². The van der Waals surface area contributed by atoms with Crippen LogP contribution in [0.4, 0.5) is 0 Å². The van der Waals surface area contributed by atoms with Crippen molar-refractivity contribution in [2.24, 2.45) is 5.92 Å². The van der Waals surface area contributed by atoms with Crippen LogP contribution in [0.5, 0.6) is 0 Å². The van der Waals surface area contributed by atoms with Crippen LogP contribution >= 0.6 is 0 Å². The molecule has 3 rings (SSSR count). The van der Waals surface area contributed by atoms with Crippen molar-refractivity contribution < 1.29 is 4.52 Å².